The van der Waals surface area contributed by atoms with Crippen LogP contribution in [0.5, 0.6) is 0 Å². The van der Waals surface area contributed by atoms with Crippen LogP contribution in [0.3, 0.4) is 0 Å². The maximum Gasteiger partial charge on any atom is 0.251 e. The highest BCUT2D eigenvalue weighted by molar-refractivity contribution is 6.35. The number of carbonyl (C=O) groups excluding carboxylic acids is 1. The van der Waals surface area contributed by atoms with Crippen LogP contribution in [-0.2, 0) is 6.42 Å². The summed E-state index contributed by atoms with van der Waals surface area (Å²) in [6.07, 6.45) is 5.01. The van der Waals surface area contributed by atoms with E-state index in [2.05, 4.69) is 55.5 Å². The Labute approximate surface area is 262 Å². The zero-order valence-corrected chi connectivity index (χ0v) is 27.2. The lowest BCUT2D eigenvalue weighted by Gasteiger charge is -2.61. The molecule has 1 amide bonds. The van der Waals surface area contributed by atoms with Crippen molar-refractivity contribution in [3.8, 4) is 0 Å². The molecule has 3 N–H and O–H groups in total. The highest BCUT2D eigenvalue weighted by atomic mass is 35.5. The molecule has 42 heavy (non-hydrogen) atoms. The average molecular weight is 613 g/mol. The third-order valence-electron chi connectivity index (χ3n) is 10.1. The highest BCUT2D eigenvalue weighted by Gasteiger charge is 2.56. The molecule has 1 unspecified atom stereocenters. The van der Waals surface area contributed by atoms with Crippen LogP contribution in [0.15, 0.2) is 47.5 Å². The van der Waals surface area contributed by atoms with Crippen LogP contribution < -0.4 is 16.0 Å². The van der Waals surface area contributed by atoms with Gasteiger partial charge in [0.25, 0.3) is 5.91 Å². The Kier molecular flexibility index (Phi) is 9.76. The summed E-state index contributed by atoms with van der Waals surface area (Å²) in [7, 11) is 0. The summed E-state index contributed by atoms with van der Waals surface area (Å²) >= 11 is 12.5. The fraction of sp³-hybridized carbons (Fsp3) is 0.588. The Hall–Kier alpha value is -2.28. The van der Waals surface area contributed by atoms with Crippen LogP contribution in [0.1, 0.15) is 76.2 Å². The van der Waals surface area contributed by atoms with E-state index in [0.29, 0.717) is 45.4 Å². The number of hydrogen-bond acceptors (Lipinski definition) is 3. The molecule has 1 saturated heterocycles. The molecule has 0 spiro atoms. The van der Waals surface area contributed by atoms with E-state index >= 15 is 0 Å². The van der Waals surface area contributed by atoms with Crippen molar-refractivity contribution in [3.63, 3.8) is 0 Å². The van der Waals surface area contributed by atoms with Crippen LogP contribution >= 0.6 is 23.2 Å². The fourth-order valence-electron chi connectivity index (χ4n) is 7.40. The minimum absolute atomic E-state index is 0.0129. The van der Waals surface area contributed by atoms with E-state index < -0.39 is 0 Å². The van der Waals surface area contributed by atoms with Gasteiger partial charge in [0.05, 0.1) is 6.04 Å². The Bertz CT molecular complexity index is 1280. The molecule has 2 bridgehead atoms. The molecule has 8 heteroatoms. The number of anilines is 1. The SMILES string of the molecule is CCCC(Cc1ccc(Cl)cc1Cl)NC(=O)c1ccc(NC(=N[C@H]2C[C@H]3C[C@@H]([C@@H]2C)C3(C)C)N2CCN[C@@H](C)C2)cc1. The van der Waals surface area contributed by atoms with Crippen LogP contribution in [0.4, 0.5) is 5.69 Å². The maximum atomic E-state index is 13.2. The van der Waals surface area contributed by atoms with Crippen molar-refractivity contribution < 1.29 is 4.79 Å². The van der Waals surface area contributed by atoms with Gasteiger partial charge < -0.3 is 20.9 Å². The standard InChI is InChI=1S/C34H47Cl2N5O/c1-6-7-28(16-24-8-11-26(35)19-30(24)36)38-32(42)23-9-12-27(13-10-23)39-33(41-15-14-37-21(2)20-41)40-31-18-25-17-29(22(31)3)34(25,4)5/h8-13,19,21-22,25,28-29,31,37H,6-7,14-18,20H2,1-5H3,(H,38,42)(H,39,40)/t21-,22-,25+,28?,29-,31-/m0/s1. The van der Waals surface area contributed by atoms with Crippen molar-refractivity contribution in [1.82, 2.24) is 15.5 Å². The van der Waals surface area contributed by atoms with Gasteiger partial charge in [0, 0.05) is 53.0 Å². The predicted octanol–water partition coefficient (Wildman–Crippen LogP) is 7.27. The first-order chi connectivity index (χ1) is 20.0. The van der Waals surface area contributed by atoms with Gasteiger partial charge in [-0.05, 0) is 97.7 Å². The molecule has 4 fully saturated rings. The summed E-state index contributed by atoms with van der Waals surface area (Å²) in [5.74, 6) is 2.97. The van der Waals surface area contributed by atoms with Gasteiger partial charge >= 0.3 is 0 Å². The third kappa shape index (κ3) is 6.92. The smallest absolute Gasteiger partial charge is 0.251 e. The van der Waals surface area contributed by atoms with Gasteiger partial charge in [0.15, 0.2) is 5.96 Å². The first kappa shape index (κ1) is 31.2. The maximum absolute atomic E-state index is 13.2. The lowest BCUT2D eigenvalue weighted by atomic mass is 9.45. The number of nitrogens with one attached hydrogen (secondary N) is 3. The van der Waals surface area contributed by atoms with Gasteiger partial charge in [-0.3, -0.25) is 4.79 Å². The molecule has 6 rings (SSSR count). The number of halogens is 2. The summed E-state index contributed by atoms with van der Waals surface area (Å²) in [6, 6.07) is 14.1. The number of nitrogens with zero attached hydrogens (tertiary/aromatic N) is 2. The lowest BCUT2D eigenvalue weighted by molar-refractivity contribution is -0.108. The second kappa shape index (κ2) is 13.2. The second-order valence-corrected chi connectivity index (χ2v) is 14.2. The quantitative estimate of drug-likeness (QED) is 0.217. The van der Waals surface area contributed by atoms with E-state index in [0.717, 1.165) is 67.9 Å². The van der Waals surface area contributed by atoms with Gasteiger partial charge in [-0.1, -0.05) is 63.4 Å². The molecular weight excluding hydrogens is 565 g/mol. The third-order valence-corrected chi connectivity index (χ3v) is 10.7. The molecule has 0 radical (unpaired) electrons. The summed E-state index contributed by atoms with van der Waals surface area (Å²) in [6.45, 7) is 14.4. The molecule has 3 aliphatic carbocycles. The van der Waals surface area contributed by atoms with Crippen molar-refractivity contribution >= 4 is 40.8 Å². The zero-order valence-electron chi connectivity index (χ0n) is 25.7. The van der Waals surface area contributed by atoms with Gasteiger partial charge in [-0.25, -0.2) is 4.99 Å². The van der Waals surface area contributed by atoms with Gasteiger partial charge in [0.2, 0.25) is 0 Å². The first-order valence-electron chi connectivity index (χ1n) is 15.7. The molecule has 4 aliphatic rings. The van der Waals surface area contributed by atoms with Crippen LogP contribution in [-0.4, -0.2) is 54.5 Å². The van der Waals surface area contributed by atoms with E-state index in [9.17, 15) is 4.79 Å². The van der Waals surface area contributed by atoms with Crippen molar-refractivity contribution in [1.29, 1.82) is 0 Å². The van der Waals surface area contributed by atoms with Crippen LogP contribution in [0, 0.1) is 23.2 Å². The summed E-state index contributed by atoms with van der Waals surface area (Å²) in [4.78, 5) is 21.0. The second-order valence-electron chi connectivity index (χ2n) is 13.4. The molecule has 1 aliphatic heterocycles. The van der Waals surface area contributed by atoms with Crippen molar-refractivity contribution in [2.24, 2.45) is 28.2 Å². The minimum atomic E-state index is -0.0761. The number of benzene rings is 2. The van der Waals surface area contributed by atoms with Crippen molar-refractivity contribution in [3.05, 3.63) is 63.6 Å². The number of rotatable bonds is 8. The molecule has 228 valence electrons. The Morgan fingerprint density at radius 2 is 1.90 bits per heavy atom. The average Bonchev–Trinajstić information content (AvgIpc) is 2.95. The molecule has 3 saturated carbocycles. The predicted molar refractivity (Wildman–Crippen MR) is 176 cm³/mol. The Morgan fingerprint density at radius 3 is 2.55 bits per heavy atom. The number of aliphatic imine (C=N–C) groups is 1. The molecule has 6 atom stereocenters. The topological polar surface area (TPSA) is 68.8 Å². The molecule has 2 aromatic rings. The minimum Gasteiger partial charge on any atom is -0.349 e. The lowest BCUT2D eigenvalue weighted by Crippen LogP contribution is -2.57. The van der Waals surface area contributed by atoms with Gasteiger partial charge in [0.1, 0.15) is 0 Å². The molecule has 1 heterocycles. The molecular formula is C34H47Cl2N5O. The van der Waals surface area contributed by atoms with Crippen LogP contribution in [0.2, 0.25) is 10.0 Å². The van der Waals surface area contributed by atoms with Crippen LogP contribution in [0.25, 0.3) is 0 Å². The summed E-state index contributed by atoms with van der Waals surface area (Å²) in [5.41, 5.74) is 3.02. The van der Waals surface area contributed by atoms with E-state index in [1.54, 1.807) is 6.07 Å². The molecule has 0 aromatic heterocycles. The van der Waals surface area contributed by atoms with E-state index in [1.165, 1.54) is 6.42 Å². The number of guanidine groups is 1. The number of carbonyl (C=O) groups is 1. The normalized spacial score (nSPS) is 27.6. The summed E-state index contributed by atoms with van der Waals surface area (Å²) in [5, 5.41) is 11.7. The molecule has 2 aromatic carbocycles. The fourth-order valence-corrected chi connectivity index (χ4v) is 7.88. The van der Waals surface area contributed by atoms with Gasteiger partial charge in [-0.15, -0.1) is 0 Å². The van der Waals surface area contributed by atoms with E-state index in [1.807, 2.05) is 36.4 Å². The van der Waals surface area contributed by atoms with Gasteiger partial charge in [-0.2, -0.15) is 0 Å². The number of amides is 1. The molecule has 6 nitrogen and oxygen atoms in total. The largest absolute Gasteiger partial charge is 0.349 e. The Morgan fingerprint density at radius 1 is 1.14 bits per heavy atom. The number of fused-ring (bicyclic) bond motifs is 2. The van der Waals surface area contributed by atoms with Crippen molar-refractivity contribution in [2.45, 2.75) is 84.8 Å². The first-order valence-corrected chi connectivity index (χ1v) is 16.5. The van der Waals surface area contributed by atoms with E-state index in [4.69, 9.17) is 28.2 Å². The Balaban J connectivity index is 1.27. The highest BCUT2D eigenvalue weighted by Crippen LogP contribution is 2.61. The van der Waals surface area contributed by atoms with Crippen molar-refractivity contribution in [2.75, 3.05) is 25.0 Å². The zero-order chi connectivity index (χ0) is 30.0. The monoisotopic (exact) mass is 611 g/mol. The van der Waals surface area contributed by atoms with E-state index in [-0.39, 0.29) is 11.9 Å². The number of hydrogen-bond donors (Lipinski definition) is 3. The summed E-state index contributed by atoms with van der Waals surface area (Å²) < 4.78 is 0. The number of piperazine rings is 1.